The first kappa shape index (κ1) is 23.7. The largest absolute Gasteiger partial charge is 0.493 e. The second-order valence-corrected chi connectivity index (χ2v) is 9.74. The minimum Gasteiger partial charge on any atom is -0.493 e. The number of carbonyl (C=O) groups excluding carboxylic acids is 1. The Labute approximate surface area is 196 Å². The minimum atomic E-state index is -1.47. The highest BCUT2D eigenvalue weighted by molar-refractivity contribution is 7.13. The molecule has 0 bridgehead atoms. The Kier molecular flexibility index (Phi) is 6.76. The van der Waals surface area contributed by atoms with Crippen molar-refractivity contribution >= 4 is 22.4 Å². The van der Waals surface area contributed by atoms with E-state index in [4.69, 9.17) is 9.47 Å². The van der Waals surface area contributed by atoms with Gasteiger partial charge in [0.25, 0.3) is 5.91 Å². The maximum Gasteiger partial charge on any atom is 0.253 e. The van der Waals surface area contributed by atoms with Gasteiger partial charge >= 0.3 is 0 Å². The summed E-state index contributed by atoms with van der Waals surface area (Å²) < 4.78 is 11.7. The zero-order valence-corrected chi connectivity index (χ0v) is 19.7. The lowest BCUT2D eigenvalue weighted by Crippen LogP contribution is -2.54. The van der Waals surface area contributed by atoms with E-state index < -0.39 is 30.1 Å². The summed E-state index contributed by atoms with van der Waals surface area (Å²) in [4.78, 5) is 16.1. The van der Waals surface area contributed by atoms with E-state index in [1.54, 1.807) is 19.5 Å². The van der Waals surface area contributed by atoms with Gasteiger partial charge in [0.15, 0.2) is 17.6 Å². The Morgan fingerprint density at radius 2 is 2.06 bits per heavy atom. The molecule has 3 heterocycles. The molecule has 2 saturated heterocycles. The summed E-state index contributed by atoms with van der Waals surface area (Å²) in [6.45, 7) is 4.97. The maximum absolute atomic E-state index is 12.5. The van der Waals surface area contributed by atoms with Crippen molar-refractivity contribution in [3.63, 3.8) is 0 Å². The third-order valence-corrected chi connectivity index (χ3v) is 7.56. The van der Waals surface area contributed by atoms with Gasteiger partial charge in [-0.3, -0.25) is 4.79 Å². The SMILES string of the molecule is COc1ccc([C@@H]2CN(C(=O)[C@@H](O)CO)C[C@@]2(C)[C@@H](C)O)cc1OC1CN(c2nncs2)C1. The predicted octanol–water partition coefficient (Wildman–Crippen LogP) is 0.480. The fourth-order valence-electron chi connectivity index (χ4n) is 4.54. The van der Waals surface area contributed by atoms with E-state index in [1.165, 1.54) is 16.2 Å². The second kappa shape index (κ2) is 9.41. The molecule has 2 aliphatic rings. The fourth-order valence-corrected chi connectivity index (χ4v) is 5.12. The number of methoxy groups -OCH3 is 1. The van der Waals surface area contributed by atoms with E-state index in [0.29, 0.717) is 31.1 Å². The normalized spacial score (nSPS) is 25.0. The molecule has 2 aromatic rings. The van der Waals surface area contributed by atoms with Crippen LogP contribution in [0.15, 0.2) is 23.7 Å². The molecule has 180 valence electrons. The van der Waals surface area contributed by atoms with Crippen molar-refractivity contribution in [1.82, 2.24) is 15.1 Å². The van der Waals surface area contributed by atoms with Gasteiger partial charge in [0.2, 0.25) is 5.13 Å². The number of hydrogen-bond donors (Lipinski definition) is 3. The molecule has 10 nitrogen and oxygen atoms in total. The summed E-state index contributed by atoms with van der Waals surface area (Å²) in [5.74, 6) is 0.474. The summed E-state index contributed by atoms with van der Waals surface area (Å²) >= 11 is 1.48. The molecule has 1 amide bonds. The second-order valence-electron chi connectivity index (χ2n) is 8.93. The number of aliphatic hydroxyl groups is 3. The van der Waals surface area contributed by atoms with Gasteiger partial charge in [-0.15, -0.1) is 10.2 Å². The molecule has 0 radical (unpaired) electrons. The van der Waals surface area contributed by atoms with Crippen LogP contribution in [0, 0.1) is 5.41 Å². The summed E-state index contributed by atoms with van der Waals surface area (Å²) in [5.41, 5.74) is 1.97. The van der Waals surface area contributed by atoms with Gasteiger partial charge in [0.1, 0.15) is 11.6 Å². The van der Waals surface area contributed by atoms with Gasteiger partial charge in [-0.25, -0.2) is 0 Å². The zero-order chi connectivity index (χ0) is 23.8. The number of benzene rings is 1. The molecule has 11 heteroatoms. The monoisotopic (exact) mass is 478 g/mol. The van der Waals surface area contributed by atoms with Crippen LogP contribution in [0.5, 0.6) is 11.5 Å². The van der Waals surface area contributed by atoms with Gasteiger partial charge in [-0.1, -0.05) is 24.3 Å². The topological polar surface area (TPSA) is 128 Å². The van der Waals surface area contributed by atoms with E-state index in [0.717, 1.165) is 10.7 Å². The summed E-state index contributed by atoms with van der Waals surface area (Å²) in [5, 5.41) is 38.4. The van der Waals surface area contributed by atoms with Crippen molar-refractivity contribution in [2.24, 2.45) is 5.41 Å². The summed E-state index contributed by atoms with van der Waals surface area (Å²) in [6.07, 6.45) is -2.20. The number of carbonyl (C=O) groups is 1. The van der Waals surface area contributed by atoms with Gasteiger partial charge in [0.05, 0.1) is 32.9 Å². The van der Waals surface area contributed by atoms with E-state index >= 15 is 0 Å². The van der Waals surface area contributed by atoms with Crippen molar-refractivity contribution in [3.8, 4) is 11.5 Å². The van der Waals surface area contributed by atoms with Crippen LogP contribution in [0.3, 0.4) is 0 Å². The number of amides is 1. The standard InChI is InChI=1S/C22H30N4O6S/c1-13(28)22(2)11-26(20(30)17(29)10-27)9-16(22)14-4-5-18(31-3)19(6-14)32-15-7-25(8-15)21-24-23-12-33-21/h4-6,12-13,15-17,27-29H,7-11H2,1-3H3/t13-,16+,17+,22+/m1/s1. The number of hydrogen-bond acceptors (Lipinski definition) is 10. The number of anilines is 1. The molecule has 0 saturated carbocycles. The van der Waals surface area contributed by atoms with Gasteiger partial charge < -0.3 is 34.6 Å². The van der Waals surface area contributed by atoms with Crippen LogP contribution in [-0.2, 0) is 4.79 Å². The quantitative estimate of drug-likeness (QED) is 0.496. The van der Waals surface area contributed by atoms with Crippen molar-refractivity contribution in [1.29, 1.82) is 0 Å². The molecule has 33 heavy (non-hydrogen) atoms. The molecular weight excluding hydrogens is 448 g/mol. The van der Waals surface area contributed by atoms with E-state index in [-0.39, 0.29) is 18.6 Å². The predicted molar refractivity (Wildman–Crippen MR) is 122 cm³/mol. The number of rotatable bonds is 8. The average Bonchev–Trinajstić information content (AvgIpc) is 3.43. The smallest absolute Gasteiger partial charge is 0.253 e. The van der Waals surface area contributed by atoms with Crippen LogP contribution in [-0.4, -0.2) is 94.5 Å². The number of ether oxygens (including phenoxy) is 2. The summed E-state index contributed by atoms with van der Waals surface area (Å²) in [6, 6.07) is 5.66. The molecule has 0 unspecified atom stereocenters. The van der Waals surface area contributed by atoms with Crippen LogP contribution < -0.4 is 14.4 Å². The number of aromatic nitrogens is 2. The molecule has 4 rings (SSSR count). The van der Waals surface area contributed by atoms with Gasteiger partial charge in [-0.2, -0.15) is 0 Å². The van der Waals surface area contributed by atoms with E-state index in [2.05, 4.69) is 15.1 Å². The Hall–Kier alpha value is -2.47. The third kappa shape index (κ3) is 4.50. The van der Waals surface area contributed by atoms with Crippen LogP contribution in [0.25, 0.3) is 0 Å². The minimum absolute atomic E-state index is 0.0254. The molecule has 0 spiro atoms. The highest BCUT2D eigenvalue weighted by atomic mass is 32.1. The van der Waals surface area contributed by atoms with E-state index in [9.17, 15) is 20.1 Å². The lowest BCUT2D eigenvalue weighted by Gasteiger charge is -2.39. The highest BCUT2D eigenvalue weighted by Crippen LogP contribution is 2.47. The van der Waals surface area contributed by atoms with Crippen molar-refractivity contribution < 1.29 is 29.6 Å². The first-order valence-corrected chi connectivity index (χ1v) is 11.8. The molecular formula is C22H30N4O6S. The Balaban J connectivity index is 1.54. The molecule has 0 aliphatic carbocycles. The lowest BCUT2D eigenvalue weighted by atomic mass is 9.72. The molecule has 2 fully saturated rings. The molecule has 1 aromatic carbocycles. The van der Waals surface area contributed by atoms with Gasteiger partial charge in [0, 0.05) is 24.4 Å². The number of likely N-dealkylation sites (tertiary alicyclic amines) is 1. The molecule has 2 aliphatic heterocycles. The maximum atomic E-state index is 12.5. The van der Waals surface area contributed by atoms with Crippen LogP contribution in [0.4, 0.5) is 5.13 Å². The Bertz CT molecular complexity index is 968. The Morgan fingerprint density at radius 1 is 1.30 bits per heavy atom. The molecule has 3 N–H and O–H groups in total. The zero-order valence-electron chi connectivity index (χ0n) is 18.9. The molecule has 4 atom stereocenters. The Morgan fingerprint density at radius 3 is 2.67 bits per heavy atom. The van der Waals surface area contributed by atoms with Crippen molar-refractivity contribution in [2.45, 2.75) is 38.1 Å². The van der Waals surface area contributed by atoms with Crippen molar-refractivity contribution in [3.05, 3.63) is 29.3 Å². The van der Waals surface area contributed by atoms with Crippen LogP contribution in [0.2, 0.25) is 0 Å². The summed E-state index contributed by atoms with van der Waals surface area (Å²) in [7, 11) is 1.59. The lowest BCUT2D eigenvalue weighted by molar-refractivity contribution is -0.141. The highest BCUT2D eigenvalue weighted by Gasteiger charge is 2.49. The first-order valence-electron chi connectivity index (χ1n) is 10.9. The number of nitrogens with zero attached hydrogens (tertiary/aromatic N) is 4. The molecule has 1 aromatic heterocycles. The van der Waals surface area contributed by atoms with Crippen LogP contribution >= 0.6 is 11.3 Å². The fraction of sp³-hybridized carbons (Fsp3) is 0.591. The van der Waals surface area contributed by atoms with E-state index in [1.807, 2.05) is 25.1 Å². The average molecular weight is 479 g/mol. The third-order valence-electron chi connectivity index (χ3n) is 6.81. The number of aliphatic hydroxyl groups excluding tert-OH is 3. The van der Waals surface area contributed by atoms with Gasteiger partial charge in [-0.05, 0) is 24.6 Å². The van der Waals surface area contributed by atoms with Crippen molar-refractivity contribution in [2.75, 3.05) is 44.8 Å². The van der Waals surface area contributed by atoms with Crippen LogP contribution in [0.1, 0.15) is 25.3 Å². The first-order chi connectivity index (χ1) is 15.8.